The van der Waals surface area contributed by atoms with Crippen molar-refractivity contribution in [1.82, 2.24) is 4.57 Å². The summed E-state index contributed by atoms with van der Waals surface area (Å²) in [6, 6.07) is 92.3. The number of nitrogens with zero attached hydrogens (tertiary/aromatic N) is 2. The van der Waals surface area contributed by atoms with E-state index < -0.39 is 0 Å². The summed E-state index contributed by atoms with van der Waals surface area (Å²) >= 11 is 0. The lowest BCUT2D eigenvalue weighted by molar-refractivity contribution is 1.18. The SMILES string of the molecule is c1ccc(-c2cc(-c3ccccc3)cc(N(c3ccc4c5ccccc5n(-c5ccccc5)c4c3)c3ccc(-c4ccccc4-c4ccccc4)cc3-c3ccccc3)c2)cc1. The van der Waals surface area contributed by atoms with Gasteiger partial charge in [-0.1, -0.05) is 194 Å². The van der Waals surface area contributed by atoms with Gasteiger partial charge in [0, 0.05) is 33.4 Å². The first kappa shape index (κ1) is 36.8. The predicted molar refractivity (Wildman–Crippen MR) is 263 cm³/mol. The quantitative estimate of drug-likeness (QED) is 0.141. The van der Waals surface area contributed by atoms with Crippen LogP contribution >= 0.6 is 0 Å². The summed E-state index contributed by atoms with van der Waals surface area (Å²) in [4.78, 5) is 2.47. The first-order valence-electron chi connectivity index (χ1n) is 21.3. The van der Waals surface area contributed by atoms with Crippen LogP contribution in [0.2, 0.25) is 0 Å². The normalized spacial score (nSPS) is 11.2. The van der Waals surface area contributed by atoms with Crippen LogP contribution in [0, 0.1) is 0 Å². The third-order valence-electron chi connectivity index (χ3n) is 12.0. The van der Waals surface area contributed by atoms with Crippen molar-refractivity contribution in [2.75, 3.05) is 4.90 Å². The molecule has 62 heavy (non-hydrogen) atoms. The second kappa shape index (κ2) is 16.1. The van der Waals surface area contributed by atoms with Crippen molar-refractivity contribution in [3.05, 3.63) is 255 Å². The fourth-order valence-corrected chi connectivity index (χ4v) is 9.07. The molecule has 0 spiro atoms. The van der Waals surface area contributed by atoms with Crippen LogP contribution in [0.1, 0.15) is 0 Å². The van der Waals surface area contributed by atoms with Crippen LogP contribution in [0.3, 0.4) is 0 Å². The zero-order valence-electron chi connectivity index (χ0n) is 34.1. The van der Waals surface area contributed by atoms with Gasteiger partial charge in [0.15, 0.2) is 0 Å². The van der Waals surface area contributed by atoms with Crippen molar-refractivity contribution >= 4 is 38.9 Å². The molecule has 0 N–H and O–H groups in total. The maximum Gasteiger partial charge on any atom is 0.0561 e. The van der Waals surface area contributed by atoms with Gasteiger partial charge < -0.3 is 9.47 Å². The van der Waals surface area contributed by atoms with E-state index in [0.717, 1.165) is 56.1 Å². The Bertz CT molecular complexity index is 3260. The second-order valence-electron chi connectivity index (χ2n) is 15.7. The molecule has 0 fully saturated rings. The van der Waals surface area contributed by atoms with E-state index in [0.29, 0.717) is 0 Å². The summed E-state index contributed by atoms with van der Waals surface area (Å²) in [6.07, 6.45) is 0. The molecule has 0 bridgehead atoms. The first-order chi connectivity index (χ1) is 30.8. The lowest BCUT2D eigenvalue weighted by atomic mass is 9.91. The highest BCUT2D eigenvalue weighted by atomic mass is 15.1. The molecular weight excluding hydrogens is 749 g/mol. The molecule has 0 atom stereocenters. The average molecular weight is 791 g/mol. The molecule has 2 heteroatoms. The molecule has 0 aliphatic rings. The van der Waals surface area contributed by atoms with Crippen molar-refractivity contribution in [1.29, 1.82) is 0 Å². The number of anilines is 3. The minimum Gasteiger partial charge on any atom is -0.310 e. The summed E-state index contributed by atoms with van der Waals surface area (Å²) in [7, 11) is 0. The maximum atomic E-state index is 2.47. The Morgan fingerprint density at radius 2 is 0.742 bits per heavy atom. The maximum absolute atomic E-state index is 2.47. The molecule has 11 rings (SSSR count). The Kier molecular flexibility index (Phi) is 9.57. The lowest BCUT2D eigenvalue weighted by Gasteiger charge is -2.30. The monoisotopic (exact) mass is 790 g/mol. The van der Waals surface area contributed by atoms with Gasteiger partial charge in [0.2, 0.25) is 0 Å². The van der Waals surface area contributed by atoms with Gasteiger partial charge in [-0.15, -0.1) is 0 Å². The molecule has 0 radical (unpaired) electrons. The molecule has 0 aliphatic heterocycles. The van der Waals surface area contributed by atoms with Crippen molar-refractivity contribution in [3.8, 4) is 61.3 Å². The number of benzene rings is 10. The van der Waals surface area contributed by atoms with Gasteiger partial charge in [-0.3, -0.25) is 0 Å². The van der Waals surface area contributed by atoms with E-state index in [4.69, 9.17) is 0 Å². The summed E-state index contributed by atoms with van der Waals surface area (Å²) in [5.74, 6) is 0. The Morgan fingerprint density at radius 3 is 1.35 bits per heavy atom. The average Bonchev–Trinajstić information content (AvgIpc) is 3.69. The van der Waals surface area contributed by atoms with Crippen LogP contribution in [-0.4, -0.2) is 4.57 Å². The minimum absolute atomic E-state index is 1.07. The molecule has 0 unspecified atom stereocenters. The van der Waals surface area contributed by atoms with E-state index >= 15 is 0 Å². The highest BCUT2D eigenvalue weighted by Crippen LogP contribution is 2.47. The second-order valence-corrected chi connectivity index (χ2v) is 15.7. The van der Waals surface area contributed by atoms with Gasteiger partial charge in [-0.25, -0.2) is 0 Å². The number of fused-ring (bicyclic) bond motifs is 3. The molecule has 11 aromatic rings. The standard InChI is InChI=1S/C60H42N2/c1-6-20-43(21-7-1)48-38-49(44-22-8-2-9-23-44)40-52(39-48)61(51-35-36-56-55-32-18-19-33-58(55)62(60(56)42-51)50-28-14-5-15-29-50)59-37-34-47(41-57(59)46-26-12-4-13-27-46)54-31-17-16-30-53(54)45-24-10-3-11-25-45/h1-42H. The topological polar surface area (TPSA) is 8.17 Å². The third-order valence-corrected chi connectivity index (χ3v) is 12.0. The van der Waals surface area contributed by atoms with Gasteiger partial charge in [0.25, 0.3) is 0 Å². The highest BCUT2D eigenvalue weighted by molar-refractivity contribution is 6.10. The summed E-state index contributed by atoms with van der Waals surface area (Å²) in [5.41, 5.74) is 18.4. The molecular formula is C60H42N2. The molecule has 10 aromatic carbocycles. The van der Waals surface area contributed by atoms with Gasteiger partial charge in [-0.2, -0.15) is 0 Å². The van der Waals surface area contributed by atoms with Crippen molar-refractivity contribution in [3.63, 3.8) is 0 Å². The zero-order chi connectivity index (χ0) is 41.2. The number of hydrogen-bond acceptors (Lipinski definition) is 1. The van der Waals surface area contributed by atoms with Gasteiger partial charge in [0.1, 0.15) is 0 Å². The van der Waals surface area contributed by atoms with E-state index in [-0.39, 0.29) is 0 Å². The largest absolute Gasteiger partial charge is 0.310 e. The molecule has 1 aromatic heterocycles. The molecule has 2 nitrogen and oxygen atoms in total. The van der Waals surface area contributed by atoms with Gasteiger partial charge in [0.05, 0.1) is 16.7 Å². The fourth-order valence-electron chi connectivity index (χ4n) is 9.07. The van der Waals surface area contributed by atoms with Crippen LogP contribution in [0.5, 0.6) is 0 Å². The van der Waals surface area contributed by atoms with Crippen LogP contribution in [-0.2, 0) is 0 Å². The Balaban J connectivity index is 1.21. The molecule has 0 amide bonds. The summed E-state index contributed by atoms with van der Waals surface area (Å²) in [6.45, 7) is 0. The Labute approximate surface area is 362 Å². The Hall–Kier alpha value is -8.20. The number of hydrogen-bond donors (Lipinski definition) is 0. The van der Waals surface area contributed by atoms with Crippen molar-refractivity contribution in [2.45, 2.75) is 0 Å². The number of para-hydroxylation sites is 2. The van der Waals surface area contributed by atoms with Crippen molar-refractivity contribution in [2.24, 2.45) is 0 Å². The van der Waals surface area contributed by atoms with E-state index in [9.17, 15) is 0 Å². The van der Waals surface area contributed by atoms with Crippen LogP contribution in [0.4, 0.5) is 17.1 Å². The first-order valence-corrected chi connectivity index (χ1v) is 21.3. The minimum atomic E-state index is 1.07. The van der Waals surface area contributed by atoms with Crippen LogP contribution in [0.25, 0.3) is 83.1 Å². The third kappa shape index (κ3) is 6.84. The number of aromatic nitrogens is 1. The molecule has 1 heterocycles. The number of rotatable bonds is 9. The Morgan fingerprint density at radius 1 is 0.258 bits per heavy atom. The van der Waals surface area contributed by atoms with E-state index in [1.807, 2.05) is 0 Å². The smallest absolute Gasteiger partial charge is 0.0561 e. The molecule has 292 valence electrons. The lowest BCUT2D eigenvalue weighted by Crippen LogP contribution is -2.12. The highest BCUT2D eigenvalue weighted by Gasteiger charge is 2.23. The van der Waals surface area contributed by atoms with E-state index in [1.54, 1.807) is 0 Å². The van der Waals surface area contributed by atoms with Crippen LogP contribution in [0.15, 0.2) is 255 Å². The predicted octanol–water partition coefficient (Wildman–Crippen LogP) is 16.6. The van der Waals surface area contributed by atoms with Gasteiger partial charge >= 0.3 is 0 Å². The van der Waals surface area contributed by atoms with E-state index in [1.165, 1.54) is 44.1 Å². The van der Waals surface area contributed by atoms with Crippen LogP contribution < -0.4 is 4.90 Å². The summed E-state index contributed by atoms with van der Waals surface area (Å²) < 4.78 is 2.41. The zero-order valence-corrected chi connectivity index (χ0v) is 34.1. The fraction of sp³-hybridized carbons (Fsp3) is 0. The molecule has 0 saturated carbocycles. The van der Waals surface area contributed by atoms with Gasteiger partial charge in [-0.05, 0) is 111 Å². The molecule has 0 aliphatic carbocycles. The summed E-state index contributed by atoms with van der Waals surface area (Å²) in [5, 5.41) is 2.45. The van der Waals surface area contributed by atoms with Crippen molar-refractivity contribution < 1.29 is 0 Å². The molecule has 0 saturated heterocycles. The van der Waals surface area contributed by atoms with E-state index in [2.05, 4.69) is 264 Å².